The lowest BCUT2D eigenvalue weighted by molar-refractivity contribution is 0.0944. The summed E-state index contributed by atoms with van der Waals surface area (Å²) >= 11 is 0. The standard InChI is InChI=1S/C15H21N3O3/c19-15(17-9-12-3-6-21-11-12)13-1-2-14(16-10-13)18-4-7-20-8-5-18/h1-2,10,12H,3-9,11H2,(H,17,19)/t12-/m1/s1. The van der Waals surface area contributed by atoms with Gasteiger partial charge >= 0.3 is 0 Å². The minimum absolute atomic E-state index is 0.0667. The second-order valence-electron chi connectivity index (χ2n) is 5.44. The summed E-state index contributed by atoms with van der Waals surface area (Å²) in [7, 11) is 0. The topological polar surface area (TPSA) is 63.7 Å². The Morgan fingerprint density at radius 3 is 2.81 bits per heavy atom. The highest BCUT2D eigenvalue weighted by atomic mass is 16.5. The van der Waals surface area contributed by atoms with Crippen molar-refractivity contribution in [1.29, 1.82) is 0 Å². The van der Waals surface area contributed by atoms with E-state index in [2.05, 4.69) is 15.2 Å². The predicted molar refractivity (Wildman–Crippen MR) is 78.5 cm³/mol. The quantitative estimate of drug-likeness (QED) is 0.884. The number of ether oxygens (including phenoxy) is 2. The molecular formula is C15H21N3O3. The number of pyridine rings is 1. The first-order valence-corrected chi connectivity index (χ1v) is 7.47. The van der Waals surface area contributed by atoms with Crippen LogP contribution in [-0.4, -0.2) is 57.0 Å². The van der Waals surface area contributed by atoms with Crippen LogP contribution in [0.15, 0.2) is 18.3 Å². The first-order valence-electron chi connectivity index (χ1n) is 7.47. The zero-order chi connectivity index (χ0) is 14.5. The van der Waals surface area contributed by atoms with Gasteiger partial charge in [-0.15, -0.1) is 0 Å². The van der Waals surface area contributed by atoms with E-state index in [1.54, 1.807) is 6.20 Å². The molecule has 0 radical (unpaired) electrons. The average molecular weight is 291 g/mol. The number of carbonyl (C=O) groups is 1. The molecule has 114 valence electrons. The molecule has 1 aromatic heterocycles. The zero-order valence-electron chi connectivity index (χ0n) is 12.1. The van der Waals surface area contributed by atoms with Crippen LogP contribution in [-0.2, 0) is 9.47 Å². The molecule has 1 atom stereocenters. The van der Waals surface area contributed by atoms with Crippen molar-refractivity contribution in [3.63, 3.8) is 0 Å². The summed E-state index contributed by atoms with van der Waals surface area (Å²) in [4.78, 5) is 18.6. The Hall–Kier alpha value is -1.66. The lowest BCUT2D eigenvalue weighted by Crippen LogP contribution is -2.36. The van der Waals surface area contributed by atoms with Gasteiger partial charge in [-0.05, 0) is 18.6 Å². The smallest absolute Gasteiger partial charge is 0.252 e. The molecule has 3 rings (SSSR count). The SMILES string of the molecule is O=C(NC[C@H]1CCOC1)c1ccc(N2CCOCC2)nc1. The Bertz CT molecular complexity index is 466. The number of anilines is 1. The number of hydrogen-bond acceptors (Lipinski definition) is 5. The third-order valence-corrected chi connectivity index (χ3v) is 3.92. The van der Waals surface area contributed by atoms with Crippen LogP contribution in [0.4, 0.5) is 5.82 Å². The molecule has 2 aliphatic rings. The predicted octanol–water partition coefficient (Wildman–Crippen LogP) is 0.684. The van der Waals surface area contributed by atoms with Gasteiger partial charge in [-0.3, -0.25) is 4.79 Å². The van der Waals surface area contributed by atoms with Crippen molar-refractivity contribution in [2.75, 3.05) is 51.0 Å². The van der Waals surface area contributed by atoms with Crippen LogP contribution in [0.1, 0.15) is 16.8 Å². The molecule has 2 aliphatic heterocycles. The van der Waals surface area contributed by atoms with Gasteiger partial charge in [-0.2, -0.15) is 0 Å². The van der Waals surface area contributed by atoms with Crippen LogP contribution < -0.4 is 10.2 Å². The van der Waals surface area contributed by atoms with Crippen LogP contribution in [0, 0.1) is 5.92 Å². The maximum atomic E-state index is 12.1. The van der Waals surface area contributed by atoms with E-state index >= 15 is 0 Å². The number of aromatic nitrogens is 1. The van der Waals surface area contributed by atoms with E-state index in [4.69, 9.17) is 9.47 Å². The molecule has 0 unspecified atom stereocenters. The largest absolute Gasteiger partial charge is 0.381 e. The van der Waals surface area contributed by atoms with Crippen LogP contribution in [0.2, 0.25) is 0 Å². The summed E-state index contributed by atoms with van der Waals surface area (Å²) in [5, 5.41) is 2.95. The van der Waals surface area contributed by atoms with Crippen molar-refractivity contribution in [1.82, 2.24) is 10.3 Å². The second kappa shape index (κ2) is 6.87. The Morgan fingerprint density at radius 2 is 2.14 bits per heavy atom. The van der Waals surface area contributed by atoms with Gasteiger partial charge in [0.05, 0.1) is 25.4 Å². The molecule has 0 aromatic carbocycles. The van der Waals surface area contributed by atoms with Crippen LogP contribution in [0.3, 0.4) is 0 Å². The molecule has 0 spiro atoms. The summed E-state index contributed by atoms with van der Waals surface area (Å²) in [6, 6.07) is 3.73. The van der Waals surface area contributed by atoms with E-state index in [1.807, 2.05) is 12.1 Å². The van der Waals surface area contributed by atoms with E-state index in [9.17, 15) is 4.79 Å². The molecule has 0 saturated carbocycles. The highest BCUT2D eigenvalue weighted by molar-refractivity contribution is 5.94. The van der Waals surface area contributed by atoms with E-state index in [0.717, 1.165) is 51.8 Å². The van der Waals surface area contributed by atoms with Crippen LogP contribution >= 0.6 is 0 Å². The van der Waals surface area contributed by atoms with Crippen LogP contribution in [0.25, 0.3) is 0 Å². The Balaban J connectivity index is 1.54. The number of carbonyl (C=O) groups excluding carboxylic acids is 1. The molecule has 6 heteroatoms. The van der Waals surface area contributed by atoms with Crippen molar-refractivity contribution >= 4 is 11.7 Å². The van der Waals surface area contributed by atoms with Gasteiger partial charge in [-0.1, -0.05) is 0 Å². The van der Waals surface area contributed by atoms with Gasteiger partial charge in [0.1, 0.15) is 5.82 Å². The molecule has 1 amide bonds. The number of nitrogens with zero attached hydrogens (tertiary/aromatic N) is 2. The van der Waals surface area contributed by atoms with Gasteiger partial charge in [-0.25, -0.2) is 4.98 Å². The van der Waals surface area contributed by atoms with Gasteiger partial charge in [0.25, 0.3) is 5.91 Å². The Labute approximate surface area is 124 Å². The first kappa shape index (κ1) is 14.3. The van der Waals surface area contributed by atoms with E-state index in [-0.39, 0.29) is 5.91 Å². The van der Waals surface area contributed by atoms with Gasteiger partial charge in [0, 0.05) is 38.4 Å². The molecule has 0 bridgehead atoms. The van der Waals surface area contributed by atoms with E-state index < -0.39 is 0 Å². The number of nitrogens with one attached hydrogen (secondary N) is 1. The zero-order valence-corrected chi connectivity index (χ0v) is 12.1. The molecule has 1 N–H and O–H groups in total. The van der Waals surface area contributed by atoms with Crippen molar-refractivity contribution in [3.05, 3.63) is 23.9 Å². The molecule has 6 nitrogen and oxygen atoms in total. The molecule has 1 aromatic rings. The third kappa shape index (κ3) is 3.71. The summed E-state index contributed by atoms with van der Waals surface area (Å²) in [5.74, 6) is 1.27. The minimum atomic E-state index is -0.0667. The minimum Gasteiger partial charge on any atom is -0.381 e. The number of hydrogen-bond donors (Lipinski definition) is 1. The highest BCUT2D eigenvalue weighted by Gasteiger charge is 2.17. The Kier molecular flexibility index (Phi) is 4.67. The lowest BCUT2D eigenvalue weighted by atomic mass is 10.1. The van der Waals surface area contributed by atoms with Crippen molar-refractivity contribution < 1.29 is 14.3 Å². The maximum absolute atomic E-state index is 12.1. The lowest BCUT2D eigenvalue weighted by Gasteiger charge is -2.27. The fourth-order valence-electron chi connectivity index (χ4n) is 2.58. The summed E-state index contributed by atoms with van der Waals surface area (Å²) in [6.07, 6.45) is 2.67. The molecule has 3 heterocycles. The fourth-order valence-corrected chi connectivity index (χ4v) is 2.58. The summed E-state index contributed by atoms with van der Waals surface area (Å²) < 4.78 is 10.6. The molecule has 2 saturated heterocycles. The number of rotatable bonds is 4. The number of morpholine rings is 1. The van der Waals surface area contributed by atoms with Crippen molar-refractivity contribution in [3.8, 4) is 0 Å². The maximum Gasteiger partial charge on any atom is 0.252 e. The fraction of sp³-hybridized carbons (Fsp3) is 0.600. The monoisotopic (exact) mass is 291 g/mol. The van der Waals surface area contributed by atoms with Gasteiger partial charge in [0.15, 0.2) is 0 Å². The van der Waals surface area contributed by atoms with E-state index in [0.29, 0.717) is 18.0 Å². The molecule has 0 aliphatic carbocycles. The average Bonchev–Trinajstić information content (AvgIpc) is 3.07. The first-order chi connectivity index (χ1) is 10.3. The highest BCUT2D eigenvalue weighted by Crippen LogP contribution is 2.14. The normalized spacial score (nSPS) is 22.3. The van der Waals surface area contributed by atoms with Gasteiger partial charge < -0.3 is 19.7 Å². The summed E-state index contributed by atoms with van der Waals surface area (Å²) in [5.41, 5.74) is 0.603. The summed E-state index contributed by atoms with van der Waals surface area (Å²) in [6.45, 7) is 5.37. The third-order valence-electron chi connectivity index (χ3n) is 3.92. The van der Waals surface area contributed by atoms with Crippen molar-refractivity contribution in [2.24, 2.45) is 5.92 Å². The molecular weight excluding hydrogens is 270 g/mol. The van der Waals surface area contributed by atoms with Crippen LogP contribution in [0.5, 0.6) is 0 Å². The second-order valence-corrected chi connectivity index (χ2v) is 5.44. The van der Waals surface area contributed by atoms with Crippen molar-refractivity contribution in [2.45, 2.75) is 6.42 Å². The van der Waals surface area contributed by atoms with Gasteiger partial charge in [0.2, 0.25) is 0 Å². The molecule has 2 fully saturated rings. The number of amides is 1. The molecule has 21 heavy (non-hydrogen) atoms. The van der Waals surface area contributed by atoms with E-state index in [1.165, 1.54) is 0 Å². The Morgan fingerprint density at radius 1 is 1.29 bits per heavy atom.